The van der Waals surface area contributed by atoms with Crippen LogP contribution in [0.5, 0.6) is 0 Å². The number of anilines is 1. The van der Waals surface area contributed by atoms with Crippen molar-refractivity contribution < 1.29 is 14.7 Å². The summed E-state index contributed by atoms with van der Waals surface area (Å²) in [7, 11) is 0. The average molecular weight is 444 g/mol. The molecular formula is C29H33NO3. The second-order valence-corrected chi connectivity index (χ2v) is 9.46. The van der Waals surface area contributed by atoms with E-state index in [2.05, 4.69) is 39.8 Å². The zero-order valence-corrected chi connectivity index (χ0v) is 19.9. The molecule has 4 nitrogen and oxygen atoms in total. The van der Waals surface area contributed by atoms with E-state index < -0.39 is 5.97 Å². The van der Waals surface area contributed by atoms with Crippen LogP contribution in [0.4, 0.5) is 5.69 Å². The van der Waals surface area contributed by atoms with Gasteiger partial charge in [0.05, 0.1) is 12.1 Å². The van der Waals surface area contributed by atoms with Crippen LogP contribution in [0.15, 0.2) is 72.8 Å². The highest BCUT2D eigenvalue weighted by atomic mass is 16.4. The summed E-state index contributed by atoms with van der Waals surface area (Å²) in [4.78, 5) is 26.8. The van der Waals surface area contributed by atoms with E-state index in [9.17, 15) is 14.7 Å². The molecule has 0 fully saturated rings. The van der Waals surface area contributed by atoms with Gasteiger partial charge in [-0.3, -0.25) is 4.79 Å². The minimum atomic E-state index is -0.977. The van der Waals surface area contributed by atoms with Crippen molar-refractivity contribution in [3.63, 3.8) is 0 Å². The van der Waals surface area contributed by atoms with Crippen LogP contribution in [0.1, 0.15) is 65.1 Å². The van der Waals surface area contributed by atoms with Crippen LogP contribution in [-0.2, 0) is 19.4 Å². The van der Waals surface area contributed by atoms with Gasteiger partial charge in [-0.1, -0.05) is 64.1 Å². The van der Waals surface area contributed by atoms with Gasteiger partial charge in [0.15, 0.2) is 0 Å². The summed E-state index contributed by atoms with van der Waals surface area (Å²) in [5, 5.41) is 9.38. The number of hydrogen-bond donors (Lipinski definition) is 1. The summed E-state index contributed by atoms with van der Waals surface area (Å²) >= 11 is 0. The summed E-state index contributed by atoms with van der Waals surface area (Å²) in [6.07, 6.45) is 1.89. The quantitative estimate of drug-likeness (QED) is 0.404. The molecule has 172 valence electrons. The standard InChI is InChI=1S/C29H33NO3/c1-20(2)15-22-11-13-25(14-12-22)28(31)30(19-24-8-5-9-26(17-24)29(32)33)27-10-6-7-23(18-27)16-21(3)4/h5-14,17-18,20-21H,15-16,19H2,1-4H3,(H,32,33). The molecule has 3 aromatic rings. The molecule has 0 saturated carbocycles. The van der Waals surface area contributed by atoms with Gasteiger partial charge in [0.2, 0.25) is 0 Å². The molecular weight excluding hydrogens is 410 g/mol. The van der Waals surface area contributed by atoms with Crippen molar-refractivity contribution in [2.75, 3.05) is 4.90 Å². The van der Waals surface area contributed by atoms with E-state index in [0.29, 0.717) is 23.9 Å². The molecule has 0 heterocycles. The second kappa shape index (κ2) is 11.0. The van der Waals surface area contributed by atoms with E-state index in [1.807, 2.05) is 42.5 Å². The van der Waals surface area contributed by atoms with Gasteiger partial charge < -0.3 is 10.0 Å². The monoisotopic (exact) mass is 443 g/mol. The molecule has 1 amide bonds. The number of amides is 1. The summed E-state index contributed by atoms with van der Waals surface area (Å²) in [5.41, 5.74) is 4.80. The van der Waals surface area contributed by atoms with Crippen molar-refractivity contribution in [2.45, 2.75) is 47.1 Å². The minimum absolute atomic E-state index is 0.103. The summed E-state index contributed by atoms with van der Waals surface area (Å²) in [5.74, 6) is -0.0265. The van der Waals surface area contributed by atoms with Crippen LogP contribution in [0, 0.1) is 11.8 Å². The summed E-state index contributed by atoms with van der Waals surface area (Å²) in [6, 6.07) is 22.6. The Morgan fingerprint density at radius 2 is 1.33 bits per heavy atom. The van der Waals surface area contributed by atoms with Gasteiger partial charge in [0.25, 0.3) is 5.91 Å². The molecule has 0 aliphatic rings. The predicted molar refractivity (Wildman–Crippen MR) is 134 cm³/mol. The first-order chi connectivity index (χ1) is 15.7. The van der Waals surface area contributed by atoms with Crippen molar-refractivity contribution in [1.82, 2.24) is 0 Å². The van der Waals surface area contributed by atoms with Gasteiger partial charge in [-0.15, -0.1) is 0 Å². The normalized spacial score (nSPS) is 11.1. The molecule has 0 aliphatic carbocycles. The maximum Gasteiger partial charge on any atom is 0.335 e. The lowest BCUT2D eigenvalue weighted by Gasteiger charge is -2.24. The topological polar surface area (TPSA) is 57.6 Å². The number of hydrogen-bond acceptors (Lipinski definition) is 2. The van der Waals surface area contributed by atoms with E-state index in [4.69, 9.17) is 0 Å². The first-order valence-electron chi connectivity index (χ1n) is 11.5. The molecule has 0 radical (unpaired) electrons. The molecule has 33 heavy (non-hydrogen) atoms. The molecule has 4 heteroatoms. The van der Waals surface area contributed by atoms with E-state index >= 15 is 0 Å². The maximum absolute atomic E-state index is 13.6. The van der Waals surface area contributed by atoms with Gasteiger partial charge in [-0.2, -0.15) is 0 Å². The highest BCUT2D eigenvalue weighted by Crippen LogP contribution is 2.24. The summed E-state index contributed by atoms with van der Waals surface area (Å²) in [6.45, 7) is 8.99. The Labute approximate surface area is 196 Å². The lowest BCUT2D eigenvalue weighted by atomic mass is 10.0. The molecule has 1 N–H and O–H groups in total. The SMILES string of the molecule is CC(C)Cc1ccc(C(=O)N(Cc2cccc(C(=O)O)c2)c2cccc(CC(C)C)c2)cc1. The van der Waals surface area contributed by atoms with Crippen LogP contribution in [0.25, 0.3) is 0 Å². The third kappa shape index (κ3) is 6.79. The first kappa shape index (κ1) is 24.2. The molecule has 3 aromatic carbocycles. The Bertz CT molecular complexity index is 1100. The minimum Gasteiger partial charge on any atom is -0.478 e. The van der Waals surface area contributed by atoms with Gasteiger partial charge >= 0.3 is 5.97 Å². The van der Waals surface area contributed by atoms with E-state index in [-0.39, 0.29) is 11.5 Å². The molecule has 0 bridgehead atoms. The fourth-order valence-electron chi connectivity index (χ4n) is 4.00. The van der Waals surface area contributed by atoms with E-state index in [1.54, 1.807) is 23.1 Å². The average Bonchev–Trinajstić information content (AvgIpc) is 2.77. The van der Waals surface area contributed by atoms with Crippen molar-refractivity contribution in [3.8, 4) is 0 Å². The van der Waals surface area contributed by atoms with Gasteiger partial charge in [0.1, 0.15) is 0 Å². The number of carbonyl (C=O) groups excluding carboxylic acids is 1. The van der Waals surface area contributed by atoms with Crippen LogP contribution in [0.3, 0.4) is 0 Å². The fraction of sp³-hybridized carbons (Fsp3) is 0.310. The third-order valence-corrected chi connectivity index (χ3v) is 5.47. The second-order valence-electron chi connectivity index (χ2n) is 9.46. The number of benzene rings is 3. The van der Waals surface area contributed by atoms with Crippen LogP contribution < -0.4 is 4.90 Å². The molecule has 0 aliphatic heterocycles. The molecule has 3 rings (SSSR count). The Kier molecular flexibility index (Phi) is 8.05. The number of rotatable bonds is 9. The fourth-order valence-corrected chi connectivity index (χ4v) is 4.00. The Morgan fingerprint density at radius 3 is 1.97 bits per heavy atom. The number of nitrogens with zero attached hydrogens (tertiary/aromatic N) is 1. The van der Waals surface area contributed by atoms with E-state index in [0.717, 1.165) is 24.1 Å². The van der Waals surface area contributed by atoms with Gasteiger partial charge in [0, 0.05) is 11.3 Å². The first-order valence-corrected chi connectivity index (χ1v) is 11.5. The highest BCUT2D eigenvalue weighted by Gasteiger charge is 2.19. The number of aromatic carboxylic acids is 1. The summed E-state index contributed by atoms with van der Waals surface area (Å²) < 4.78 is 0. The molecule has 0 aromatic heterocycles. The van der Waals surface area contributed by atoms with Gasteiger partial charge in [-0.25, -0.2) is 4.79 Å². The van der Waals surface area contributed by atoms with Crippen molar-refractivity contribution in [1.29, 1.82) is 0 Å². The molecule has 0 saturated heterocycles. The Hall–Kier alpha value is -3.40. The largest absolute Gasteiger partial charge is 0.478 e. The number of carbonyl (C=O) groups is 2. The molecule has 0 spiro atoms. The predicted octanol–water partition coefficient (Wildman–Crippen LogP) is 6.63. The Balaban J connectivity index is 1.97. The maximum atomic E-state index is 13.6. The van der Waals surface area contributed by atoms with Crippen LogP contribution >= 0.6 is 0 Å². The van der Waals surface area contributed by atoms with Crippen molar-refractivity contribution in [3.05, 3.63) is 101 Å². The van der Waals surface area contributed by atoms with Crippen LogP contribution in [-0.4, -0.2) is 17.0 Å². The smallest absolute Gasteiger partial charge is 0.335 e. The van der Waals surface area contributed by atoms with Crippen LogP contribution in [0.2, 0.25) is 0 Å². The number of carboxylic acid groups (broad SMARTS) is 1. The lowest BCUT2D eigenvalue weighted by Crippen LogP contribution is -2.30. The zero-order chi connectivity index (χ0) is 24.0. The molecule has 0 atom stereocenters. The third-order valence-electron chi connectivity index (χ3n) is 5.47. The van der Waals surface area contributed by atoms with E-state index in [1.165, 1.54) is 11.1 Å². The lowest BCUT2D eigenvalue weighted by molar-refractivity contribution is 0.0696. The zero-order valence-electron chi connectivity index (χ0n) is 19.9. The van der Waals surface area contributed by atoms with Crippen molar-refractivity contribution >= 4 is 17.6 Å². The molecule has 0 unspecified atom stereocenters. The van der Waals surface area contributed by atoms with Gasteiger partial charge in [-0.05, 0) is 77.8 Å². The number of carboxylic acids is 1. The highest BCUT2D eigenvalue weighted by molar-refractivity contribution is 6.06. The van der Waals surface area contributed by atoms with Crippen molar-refractivity contribution in [2.24, 2.45) is 11.8 Å². The Morgan fingerprint density at radius 1 is 0.727 bits per heavy atom.